The van der Waals surface area contributed by atoms with Crippen molar-refractivity contribution in [2.75, 3.05) is 19.6 Å². The van der Waals surface area contributed by atoms with Gasteiger partial charge in [-0.25, -0.2) is 4.98 Å². The third-order valence-electron chi connectivity index (χ3n) is 4.19. The average Bonchev–Trinajstić information content (AvgIpc) is 2.99. The molecule has 0 radical (unpaired) electrons. The molecule has 1 saturated heterocycles. The zero-order valence-corrected chi connectivity index (χ0v) is 12.7. The minimum Gasteiger partial charge on any atom is -0.314 e. The van der Waals surface area contributed by atoms with E-state index in [0.717, 1.165) is 32.0 Å². The molecule has 1 aromatic carbocycles. The quantitative estimate of drug-likeness (QED) is 0.915. The summed E-state index contributed by atoms with van der Waals surface area (Å²) in [6.45, 7) is 6.46. The van der Waals surface area contributed by atoms with Crippen molar-refractivity contribution in [3.8, 4) is 5.69 Å². The number of piperazine rings is 1. The van der Waals surface area contributed by atoms with Gasteiger partial charge in [0.25, 0.3) is 0 Å². The summed E-state index contributed by atoms with van der Waals surface area (Å²) < 4.78 is 2.20. The standard InChI is InChI=1S/C17H24N4/c1-2-6-16-13-18-9-11-20(16)14-17-19-10-12-21(17)15-7-4-3-5-8-15/h3-5,7-8,10,12,16,18H,2,6,9,11,13-14H2,1H3. The number of benzene rings is 1. The van der Waals surface area contributed by atoms with E-state index in [0.29, 0.717) is 6.04 Å². The van der Waals surface area contributed by atoms with Gasteiger partial charge in [0, 0.05) is 43.8 Å². The SMILES string of the molecule is CCCC1CNCCN1Cc1nccn1-c1ccccc1. The Labute approximate surface area is 126 Å². The number of rotatable bonds is 5. The molecule has 1 aromatic heterocycles. The van der Waals surface area contributed by atoms with E-state index in [2.05, 4.69) is 57.2 Å². The smallest absolute Gasteiger partial charge is 0.127 e. The molecule has 112 valence electrons. The average molecular weight is 284 g/mol. The Kier molecular flexibility index (Phi) is 4.68. The summed E-state index contributed by atoms with van der Waals surface area (Å²) in [6.07, 6.45) is 6.44. The van der Waals surface area contributed by atoms with Crippen molar-refractivity contribution in [1.82, 2.24) is 19.8 Å². The molecule has 0 spiro atoms. The fourth-order valence-corrected chi connectivity index (χ4v) is 3.09. The van der Waals surface area contributed by atoms with E-state index < -0.39 is 0 Å². The Bertz CT molecular complexity index is 547. The van der Waals surface area contributed by atoms with Crippen molar-refractivity contribution in [2.45, 2.75) is 32.4 Å². The van der Waals surface area contributed by atoms with Gasteiger partial charge in [-0.2, -0.15) is 0 Å². The zero-order chi connectivity index (χ0) is 14.5. The monoisotopic (exact) mass is 284 g/mol. The maximum Gasteiger partial charge on any atom is 0.127 e. The lowest BCUT2D eigenvalue weighted by Crippen LogP contribution is -2.50. The van der Waals surface area contributed by atoms with Gasteiger partial charge >= 0.3 is 0 Å². The van der Waals surface area contributed by atoms with Crippen LogP contribution in [0.2, 0.25) is 0 Å². The largest absolute Gasteiger partial charge is 0.314 e. The van der Waals surface area contributed by atoms with Crippen LogP contribution < -0.4 is 5.32 Å². The van der Waals surface area contributed by atoms with Gasteiger partial charge in [0.15, 0.2) is 0 Å². The van der Waals surface area contributed by atoms with Gasteiger partial charge in [-0.1, -0.05) is 31.5 Å². The van der Waals surface area contributed by atoms with E-state index in [1.807, 2.05) is 12.3 Å². The second kappa shape index (κ2) is 6.87. The summed E-state index contributed by atoms with van der Waals surface area (Å²) in [4.78, 5) is 7.15. The molecule has 2 heterocycles. The molecule has 1 aliphatic heterocycles. The third-order valence-corrected chi connectivity index (χ3v) is 4.19. The van der Waals surface area contributed by atoms with Gasteiger partial charge in [-0.15, -0.1) is 0 Å². The minimum absolute atomic E-state index is 0.629. The minimum atomic E-state index is 0.629. The normalized spacial score (nSPS) is 19.8. The topological polar surface area (TPSA) is 33.1 Å². The molecule has 0 bridgehead atoms. The van der Waals surface area contributed by atoms with Crippen LogP contribution in [0.5, 0.6) is 0 Å². The summed E-state index contributed by atoms with van der Waals surface area (Å²) >= 11 is 0. The molecule has 1 fully saturated rings. The predicted molar refractivity (Wildman–Crippen MR) is 85.5 cm³/mol. The third kappa shape index (κ3) is 3.34. The zero-order valence-electron chi connectivity index (χ0n) is 12.7. The van der Waals surface area contributed by atoms with Gasteiger partial charge in [0.2, 0.25) is 0 Å². The van der Waals surface area contributed by atoms with Gasteiger partial charge in [0.05, 0.1) is 6.54 Å². The molecule has 1 aliphatic rings. The summed E-state index contributed by atoms with van der Waals surface area (Å²) in [5.41, 5.74) is 1.19. The fraction of sp³-hybridized carbons (Fsp3) is 0.471. The van der Waals surface area contributed by atoms with E-state index in [1.165, 1.54) is 18.5 Å². The summed E-state index contributed by atoms with van der Waals surface area (Å²) in [7, 11) is 0. The number of hydrogen-bond donors (Lipinski definition) is 1. The van der Waals surface area contributed by atoms with E-state index in [-0.39, 0.29) is 0 Å². The Balaban J connectivity index is 1.77. The van der Waals surface area contributed by atoms with E-state index in [1.54, 1.807) is 0 Å². The number of para-hydroxylation sites is 1. The maximum absolute atomic E-state index is 4.58. The Hall–Kier alpha value is -1.65. The number of nitrogens with one attached hydrogen (secondary N) is 1. The highest BCUT2D eigenvalue weighted by Crippen LogP contribution is 2.16. The van der Waals surface area contributed by atoms with Crippen molar-refractivity contribution in [2.24, 2.45) is 0 Å². The first kappa shape index (κ1) is 14.3. The van der Waals surface area contributed by atoms with Crippen LogP contribution in [-0.2, 0) is 6.54 Å². The van der Waals surface area contributed by atoms with Crippen LogP contribution in [0.15, 0.2) is 42.7 Å². The summed E-state index contributed by atoms with van der Waals surface area (Å²) in [6, 6.07) is 11.1. The second-order valence-corrected chi connectivity index (χ2v) is 5.67. The number of hydrogen-bond acceptors (Lipinski definition) is 3. The van der Waals surface area contributed by atoms with Crippen molar-refractivity contribution in [3.05, 3.63) is 48.5 Å². The summed E-state index contributed by atoms with van der Waals surface area (Å²) in [5.74, 6) is 1.13. The molecule has 0 amide bonds. The molecule has 21 heavy (non-hydrogen) atoms. The molecule has 0 saturated carbocycles. The molecule has 1 atom stereocenters. The van der Waals surface area contributed by atoms with Crippen LogP contribution >= 0.6 is 0 Å². The number of nitrogens with zero attached hydrogens (tertiary/aromatic N) is 3. The lowest BCUT2D eigenvalue weighted by molar-refractivity contribution is 0.140. The molecular weight excluding hydrogens is 260 g/mol. The van der Waals surface area contributed by atoms with Crippen LogP contribution in [0.3, 0.4) is 0 Å². The Morgan fingerprint density at radius 1 is 1.29 bits per heavy atom. The van der Waals surface area contributed by atoms with Crippen LogP contribution in [0, 0.1) is 0 Å². The van der Waals surface area contributed by atoms with Crippen molar-refractivity contribution < 1.29 is 0 Å². The predicted octanol–water partition coefficient (Wildman–Crippen LogP) is 2.45. The van der Waals surface area contributed by atoms with Crippen molar-refractivity contribution >= 4 is 0 Å². The first-order valence-electron chi connectivity index (χ1n) is 7.91. The highest BCUT2D eigenvalue weighted by molar-refractivity contribution is 5.32. The van der Waals surface area contributed by atoms with Crippen molar-refractivity contribution in [3.63, 3.8) is 0 Å². The molecular formula is C17H24N4. The van der Waals surface area contributed by atoms with Gasteiger partial charge < -0.3 is 9.88 Å². The fourth-order valence-electron chi connectivity index (χ4n) is 3.09. The van der Waals surface area contributed by atoms with Crippen LogP contribution in [0.1, 0.15) is 25.6 Å². The molecule has 2 aromatic rings. The van der Waals surface area contributed by atoms with Gasteiger partial charge in [-0.05, 0) is 18.6 Å². The Morgan fingerprint density at radius 3 is 2.95 bits per heavy atom. The summed E-state index contributed by atoms with van der Waals surface area (Å²) in [5, 5.41) is 3.51. The number of aromatic nitrogens is 2. The first-order chi connectivity index (χ1) is 10.4. The van der Waals surface area contributed by atoms with E-state index >= 15 is 0 Å². The lowest BCUT2D eigenvalue weighted by atomic mass is 10.1. The lowest BCUT2D eigenvalue weighted by Gasteiger charge is -2.36. The van der Waals surface area contributed by atoms with Crippen LogP contribution in [0.25, 0.3) is 5.69 Å². The van der Waals surface area contributed by atoms with Gasteiger partial charge in [-0.3, -0.25) is 4.90 Å². The van der Waals surface area contributed by atoms with Crippen molar-refractivity contribution in [1.29, 1.82) is 0 Å². The van der Waals surface area contributed by atoms with Crippen LogP contribution in [0.4, 0.5) is 0 Å². The molecule has 0 aliphatic carbocycles. The Morgan fingerprint density at radius 2 is 2.14 bits per heavy atom. The first-order valence-corrected chi connectivity index (χ1v) is 7.91. The highest BCUT2D eigenvalue weighted by Gasteiger charge is 2.22. The number of imidazole rings is 1. The highest BCUT2D eigenvalue weighted by atomic mass is 15.2. The van der Waals surface area contributed by atoms with E-state index in [9.17, 15) is 0 Å². The molecule has 4 heteroatoms. The molecule has 4 nitrogen and oxygen atoms in total. The second-order valence-electron chi connectivity index (χ2n) is 5.67. The van der Waals surface area contributed by atoms with Crippen LogP contribution in [-0.4, -0.2) is 40.1 Å². The molecule has 3 rings (SSSR count). The molecule has 1 N–H and O–H groups in total. The van der Waals surface area contributed by atoms with Gasteiger partial charge in [0.1, 0.15) is 5.82 Å². The molecule has 1 unspecified atom stereocenters. The van der Waals surface area contributed by atoms with E-state index in [4.69, 9.17) is 0 Å². The maximum atomic E-state index is 4.58.